The smallest absolute Gasteiger partial charge is 0.408 e. The molecule has 0 aromatic rings. The molecule has 0 unspecified atom stereocenters. The number of carbonyl (C=O) groups is 4. The highest BCUT2D eigenvalue weighted by Gasteiger charge is 2.31. The van der Waals surface area contributed by atoms with Gasteiger partial charge in [-0.05, 0) is 48.5 Å². The topological polar surface area (TPSA) is 120 Å². The van der Waals surface area contributed by atoms with E-state index >= 15 is 0 Å². The quantitative estimate of drug-likeness (QED) is 0.430. The van der Waals surface area contributed by atoms with Crippen molar-refractivity contribution < 1.29 is 33.4 Å². The fourth-order valence-corrected chi connectivity index (χ4v) is 1.46. The van der Waals surface area contributed by atoms with Crippen LogP contribution in [-0.2, 0) is 28.6 Å². The standard InChI is InChI=1S/C16H28N2O7/c1-9(17-14(22)25-16(6,7)8)11(20)18-12(23-10(2)19)13(21)24-15(3,4)5/h9,12H,1-8H3,(H,17,22)(H,18,20)/t9-,12+/m1/s1. The molecule has 0 spiro atoms. The van der Waals surface area contributed by atoms with Crippen LogP contribution in [0.4, 0.5) is 4.79 Å². The zero-order valence-electron chi connectivity index (χ0n) is 16.0. The summed E-state index contributed by atoms with van der Waals surface area (Å²) in [6.45, 7) is 12.4. The van der Waals surface area contributed by atoms with Crippen LogP contribution in [0.15, 0.2) is 0 Å². The molecule has 0 radical (unpaired) electrons. The predicted octanol–water partition coefficient (Wildman–Crippen LogP) is 1.25. The Hall–Kier alpha value is -2.32. The van der Waals surface area contributed by atoms with Gasteiger partial charge >= 0.3 is 18.0 Å². The Labute approximate surface area is 147 Å². The Kier molecular flexibility index (Phi) is 7.88. The first-order valence-corrected chi connectivity index (χ1v) is 7.80. The number of hydrogen-bond donors (Lipinski definition) is 2. The van der Waals surface area contributed by atoms with E-state index in [1.807, 2.05) is 0 Å². The van der Waals surface area contributed by atoms with E-state index in [0.717, 1.165) is 6.92 Å². The van der Waals surface area contributed by atoms with Crippen LogP contribution in [0.5, 0.6) is 0 Å². The van der Waals surface area contributed by atoms with E-state index in [0.29, 0.717) is 0 Å². The van der Waals surface area contributed by atoms with Gasteiger partial charge in [0.1, 0.15) is 17.2 Å². The number of hydrogen-bond acceptors (Lipinski definition) is 7. The number of rotatable bonds is 5. The summed E-state index contributed by atoms with van der Waals surface area (Å²) in [5.74, 6) is -2.45. The monoisotopic (exact) mass is 360 g/mol. The van der Waals surface area contributed by atoms with Crippen LogP contribution in [-0.4, -0.2) is 47.4 Å². The molecule has 0 saturated heterocycles. The Balaban J connectivity index is 4.87. The largest absolute Gasteiger partial charge is 0.456 e. The van der Waals surface area contributed by atoms with Crippen molar-refractivity contribution in [3.05, 3.63) is 0 Å². The molecule has 0 aliphatic rings. The van der Waals surface area contributed by atoms with Gasteiger partial charge in [0.25, 0.3) is 6.23 Å². The van der Waals surface area contributed by atoms with Crippen LogP contribution in [0.1, 0.15) is 55.4 Å². The van der Waals surface area contributed by atoms with Gasteiger partial charge in [-0.15, -0.1) is 0 Å². The van der Waals surface area contributed by atoms with Crippen molar-refractivity contribution in [3.63, 3.8) is 0 Å². The van der Waals surface area contributed by atoms with Crippen LogP contribution >= 0.6 is 0 Å². The minimum atomic E-state index is -1.62. The average Bonchev–Trinajstić information content (AvgIpc) is 2.32. The molecular weight excluding hydrogens is 332 g/mol. The van der Waals surface area contributed by atoms with Crippen molar-refractivity contribution in [2.45, 2.75) is 78.9 Å². The van der Waals surface area contributed by atoms with E-state index < -0.39 is 47.4 Å². The zero-order chi connectivity index (χ0) is 20.0. The number of nitrogens with one attached hydrogen (secondary N) is 2. The van der Waals surface area contributed by atoms with E-state index in [1.165, 1.54) is 6.92 Å². The summed E-state index contributed by atoms with van der Waals surface area (Å²) >= 11 is 0. The van der Waals surface area contributed by atoms with Crippen LogP contribution < -0.4 is 10.6 Å². The molecule has 0 saturated carbocycles. The maximum atomic E-state index is 12.1. The van der Waals surface area contributed by atoms with Crippen molar-refractivity contribution in [2.24, 2.45) is 0 Å². The van der Waals surface area contributed by atoms with Crippen molar-refractivity contribution >= 4 is 23.9 Å². The van der Waals surface area contributed by atoms with Gasteiger partial charge in [0.15, 0.2) is 0 Å². The molecule has 0 fully saturated rings. The fraction of sp³-hybridized carbons (Fsp3) is 0.750. The first-order chi connectivity index (χ1) is 11.1. The SMILES string of the molecule is CC(=O)O[C@H](NC(=O)[C@@H](C)NC(=O)OC(C)(C)C)C(=O)OC(C)(C)C. The van der Waals surface area contributed by atoms with Gasteiger partial charge in [0.2, 0.25) is 5.91 Å². The van der Waals surface area contributed by atoms with E-state index in [-0.39, 0.29) is 0 Å². The summed E-state index contributed by atoms with van der Waals surface area (Å²) in [7, 11) is 0. The molecule has 9 heteroatoms. The predicted molar refractivity (Wildman–Crippen MR) is 88.4 cm³/mol. The van der Waals surface area contributed by atoms with Crippen LogP contribution in [0.2, 0.25) is 0 Å². The number of amides is 2. The zero-order valence-corrected chi connectivity index (χ0v) is 16.0. The van der Waals surface area contributed by atoms with E-state index in [4.69, 9.17) is 14.2 Å². The third kappa shape index (κ3) is 11.0. The van der Waals surface area contributed by atoms with Crippen LogP contribution in [0, 0.1) is 0 Å². The Morgan fingerprint density at radius 1 is 0.840 bits per heavy atom. The molecule has 2 amide bonds. The van der Waals surface area contributed by atoms with Gasteiger partial charge in [-0.2, -0.15) is 0 Å². The maximum absolute atomic E-state index is 12.1. The Bertz CT molecular complexity index is 518. The summed E-state index contributed by atoms with van der Waals surface area (Å²) in [5, 5.41) is 4.53. The van der Waals surface area contributed by atoms with E-state index in [9.17, 15) is 19.2 Å². The van der Waals surface area contributed by atoms with Gasteiger partial charge < -0.3 is 24.8 Å². The minimum Gasteiger partial charge on any atom is -0.456 e. The lowest BCUT2D eigenvalue weighted by Gasteiger charge is -2.25. The number of ether oxygens (including phenoxy) is 3. The van der Waals surface area contributed by atoms with Crippen molar-refractivity contribution in [3.8, 4) is 0 Å². The summed E-state index contributed by atoms with van der Waals surface area (Å²) < 4.78 is 14.9. The molecule has 25 heavy (non-hydrogen) atoms. The normalized spacial score (nSPS) is 13.9. The molecule has 0 rings (SSSR count). The van der Waals surface area contributed by atoms with Gasteiger partial charge in [-0.1, -0.05) is 0 Å². The van der Waals surface area contributed by atoms with Crippen molar-refractivity contribution in [2.75, 3.05) is 0 Å². The number of carbonyl (C=O) groups excluding carboxylic acids is 4. The molecule has 0 aromatic carbocycles. The van der Waals surface area contributed by atoms with Gasteiger partial charge in [-0.3, -0.25) is 9.59 Å². The van der Waals surface area contributed by atoms with Gasteiger partial charge in [0.05, 0.1) is 0 Å². The maximum Gasteiger partial charge on any atom is 0.408 e. The summed E-state index contributed by atoms with van der Waals surface area (Å²) in [6, 6.07) is -1.03. The summed E-state index contributed by atoms with van der Waals surface area (Å²) in [5.41, 5.74) is -1.56. The molecule has 9 nitrogen and oxygen atoms in total. The number of alkyl carbamates (subject to hydrolysis) is 1. The molecule has 0 aliphatic heterocycles. The van der Waals surface area contributed by atoms with Gasteiger partial charge in [0, 0.05) is 6.92 Å². The van der Waals surface area contributed by atoms with Crippen molar-refractivity contribution in [1.29, 1.82) is 0 Å². The molecule has 0 aromatic heterocycles. The summed E-state index contributed by atoms with van der Waals surface area (Å²) in [6.07, 6.45) is -2.41. The highest BCUT2D eigenvalue weighted by molar-refractivity contribution is 5.89. The molecule has 2 N–H and O–H groups in total. The molecular formula is C16H28N2O7. The molecule has 0 aliphatic carbocycles. The highest BCUT2D eigenvalue weighted by atomic mass is 16.6. The Morgan fingerprint density at radius 2 is 1.32 bits per heavy atom. The molecule has 0 heterocycles. The first-order valence-electron chi connectivity index (χ1n) is 7.80. The number of esters is 2. The van der Waals surface area contributed by atoms with Gasteiger partial charge in [-0.25, -0.2) is 9.59 Å². The second-order valence-electron chi connectivity index (χ2n) is 7.40. The van der Waals surface area contributed by atoms with Crippen molar-refractivity contribution in [1.82, 2.24) is 10.6 Å². The fourth-order valence-electron chi connectivity index (χ4n) is 1.46. The lowest BCUT2D eigenvalue weighted by molar-refractivity contribution is -0.178. The molecule has 2 atom stereocenters. The van der Waals surface area contributed by atoms with E-state index in [1.54, 1.807) is 41.5 Å². The lowest BCUT2D eigenvalue weighted by atomic mass is 10.2. The third-order valence-electron chi connectivity index (χ3n) is 2.30. The molecule has 144 valence electrons. The molecule has 0 bridgehead atoms. The summed E-state index contributed by atoms with van der Waals surface area (Å²) in [4.78, 5) is 47.0. The average molecular weight is 360 g/mol. The van der Waals surface area contributed by atoms with Crippen LogP contribution in [0.3, 0.4) is 0 Å². The highest BCUT2D eigenvalue weighted by Crippen LogP contribution is 2.10. The first kappa shape index (κ1) is 22.7. The minimum absolute atomic E-state index is 0.725. The second-order valence-corrected chi connectivity index (χ2v) is 7.40. The third-order valence-corrected chi connectivity index (χ3v) is 2.30. The Morgan fingerprint density at radius 3 is 1.72 bits per heavy atom. The van der Waals surface area contributed by atoms with Crippen LogP contribution in [0.25, 0.3) is 0 Å². The second kappa shape index (κ2) is 8.68. The lowest BCUT2D eigenvalue weighted by Crippen LogP contribution is -2.53. The van der Waals surface area contributed by atoms with E-state index in [2.05, 4.69) is 10.6 Å².